The number of hydrogen-bond donors (Lipinski definition) is 4. The number of hydrogen-bond acceptors (Lipinski definition) is 12. The fourth-order valence-corrected chi connectivity index (χ4v) is 7.99. The molecule has 4 aromatic carbocycles. The van der Waals surface area contributed by atoms with Crippen LogP contribution in [0.25, 0.3) is 0 Å². The maximum absolute atomic E-state index is 10.3. The topological polar surface area (TPSA) is 194 Å². The first kappa shape index (κ1) is 42.6. The number of aliphatic hydroxyl groups is 1. The van der Waals surface area contributed by atoms with Gasteiger partial charge in [0.25, 0.3) is 0 Å². The second kappa shape index (κ2) is 17.9. The Labute approximate surface area is 342 Å². The van der Waals surface area contributed by atoms with Crippen molar-refractivity contribution in [1.29, 1.82) is 0 Å². The standard InChI is InChI=1S/C38H42N2O6.C6H8O7/c1-39-15-13-25-20-32(42-4)34-22-28(25)29(39)17-23-7-10-27(11-8-23)45-33-19-24(9-12-31(33)41-3)18-30-36-26(14-16-40(30)2)21-35(43-5)37(44-6)38(36)46-34;7-3(8)1-6(13,5(11)12)2-4(9)10/h7-12,19-22,29-30H,13-18H2,1-6H3;13H,1-2H2,(H,7,8)(H,9,10)(H,11,12)/t29-,30-;/m0./s1. The highest BCUT2D eigenvalue weighted by atomic mass is 16.5. The van der Waals surface area contributed by atoms with Crippen LogP contribution in [0.3, 0.4) is 0 Å². The summed E-state index contributed by atoms with van der Waals surface area (Å²) < 4.78 is 37.1. The molecule has 4 N–H and O–H groups in total. The Hall–Kier alpha value is -6.03. The monoisotopic (exact) mass is 814 g/mol. The summed E-state index contributed by atoms with van der Waals surface area (Å²) in [6, 6.07) is 21.2. The molecule has 4 aliphatic heterocycles. The highest BCUT2D eigenvalue weighted by Gasteiger charge is 2.41. The van der Waals surface area contributed by atoms with E-state index >= 15 is 0 Å². The lowest BCUT2D eigenvalue weighted by Crippen LogP contribution is -2.42. The van der Waals surface area contributed by atoms with Gasteiger partial charge in [0, 0.05) is 30.7 Å². The summed E-state index contributed by atoms with van der Waals surface area (Å²) in [7, 11) is 11.1. The van der Waals surface area contributed by atoms with Gasteiger partial charge in [-0.05, 0) is 110 Å². The zero-order valence-electron chi connectivity index (χ0n) is 33.9. The molecule has 0 radical (unpaired) electrons. The minimum absolute atomic E-state index is 0.000437. The summed E-state index contributed by atoms with van der Waals surface area (Å²) in [5.41, 5.74) is 4.42. The largest absolute Gasteiger partial charge is 0.493 e. The number of carbonyl (C=O) groups is 3. The van der Waals surface area contributed by atoms with Crippen LogP contribution in [0.5, 0.6) is 46.0 Å². The molecule has 4 heterocycles. The summed E-state index contributed by atoms with van der Waals surface area (Å²) in [5, 5.41) is 33.8. The quantitative estimate of drug-likeness (QED) is 0.156. The Balaban J connectivity index is 0.000000390. The summed E-state index contributed by atoms with van der Waals surface area (Å²) in [6.07, 6.45) is 1.08. The molecule has 6 bridgehead atoms. The van der Waals surface area contributed by atoms with Gasteiger partial charge >= 0.3 is 17.9 Å². The molecule has 314 valence electrons. The van der Waals surface area contributed by atoms with Crippen molar-refractivity contribution < 1.29 is 63.2 Å². The lowest BCUT2D eigenvalue weighted by molar-refractivity contribution is -0.170. The van der Waals surface area contributed by atoms with E-state index in [9.17, 15) is 14.4 Å². The number of carboxylic acids is 3. The Kier molecular flexibility index (Phi) is 12.9. The Morgan fingerprint density at radius 2 is 1.24 bits per heavy atom. The molecule has 0 saturated heterocycles. The average Bonchev–Trinajstić information content (AvgIpc) is 3.19. The van der Waals surface area contributed by atoms with Gasteiger partial charge in [-0.25, -0.2) is 4.79 Å². The minimum atomic E-state index is -2.74. The van der Waals surface area contributed by atoms with E-state index in [4.69, 9.17) is 48.8 Å². The van der Waals surface area contributed by atoms with E-state index in [-0.39, 0.29) is 12.1 Å². The third-order valence-corrected chi connectivity index (χ3v) is 11.1. The first-order valence-corrected chi connectivity index (χ1v) is 19.1. The van der Waals surface area contributed by atoms with Crippen LogP contribution in [0, 0.1) is 0 Å². The van der Waals surface area contributed by atoms with E-state index in [2.05, 4.69) is 66.4 Å². The zero-order valence-corrected chi connectivity index (χ0v) is 33.9. The van der Waals surface area contributed by atoms with Crippen molar-refractivity contribution in [3.05, 3.63) is 94.0 Å². The number of aliphatic carboxylic acids is 3. The van der Waals surface area contributed by atoms with Gasteiger partial charge < -0.3 is 48.8 Å². The molecule has 15 heteroatoms. The summed E-state index contributed by atoms with van der Waals surface area (Å²) in [4.78, 5) is 35.3. The second-order valence-electron chi connectivity index (χ2n) is 14.9. The molecule has 0 aromatic heterocycles. The van der Waals surface area contributed by atoms with Crippen LogP contribution < -0.4 is 28.4 Å². The number of fused-ring (bicyclic) bond motifs is 2. The van der Waals surface area contributed by atoms with Crippen molar-refractivity contribution in [2.75, 3.05) is 55.6 Å². The van der Waals surface area contributed by atoms with Gasteiger partial charge in [0.15, 0.2) is 40.1 Å². The van der Waals surface area contributed by atoms with Gasteiger partial charge in [-0.1, -0.05) is 18.2 Å². The van der Waals surface area contributed by atoms with Gasteiger partial charge in [0.05, 0.1) is 41.3 Å². The van der Waals surface area contributed by atoms with E-state index in [0.717, 1.165) is 55.6 Å². The van der Waals surface area contributed by atoms with Gasteiger partial charge in [0.1, 0.15) is 5.75 Å². The van der Waals surface area contributed by atoms with E-state index in [1.54, 1.807) is 28.4 Å². The summed E-state index contributed by atoms with van der Waals surface area (Å²) in [5.74, 6) is 0.392. The van der Waals surface area contributed by atoms with Crippen LogP contribution in [0.4, 0.5) is 0 Å². The van der Waals surface area contributed by atoms with Crippen LogP contribution >= 0.6 is 0 Å². The Morgan fingerprint density at radius 1 is 0.678 bits per heavy atom. The maximum Gasteiger partial charge on any atom is 0.336 e. The molecule has 4 aliphatic rings. The molecule has 0 fully saturated rings. The molecule has 8 rings (SSSR count). The molecule has 15 nitrogen and oxygen atoms in total. The minimum Gasteiger partial charge on any atom is -0.493 e. The van der Waals surface area contributed by atoms with Crippen molar-refractivity contribution in [3.63, 3.8) is 0 Å². The fourth-order valence-electron chi connectivity index (χ4n) is 7.99. The normalized spacial score (nSPS) is 17.3. The maximum atomic E-state index is 10.3. The number of carboxylic acid groups (broad SMARTS) is 3. The number of rotatable bonds is 9. The number of benzene rings is 4. The van der Waals surface area contributed by atoms with Crippen molar-refractivity contribution >= 4 is 17.9 Å². The molecular formula is C44H50N2O13. The van der Waals surface area contributed by atoms with Gasteiger partial charge in [0.2, 0.25) is 5.75 Å². The van der Waals surface area contributed by atoms with Crippen molar-refractivity contribution in [2.24, 2.45) is 0 Å². The SMILES string of the molecule is COc1ccc2cc1Oc1ccc(cc1)C[C@H]1c3cc(c(OC)cc3CCN1C)Oc1c(OC)c(OC)cc3c1[C@H](C2)N(C)CC3.O=C(O)CC(O)(CC(=O)O)C(=O)O. The van der Waals surface area contributed by atoms with E-state index in [0.29, 0.717) is 40.2 Å². The third-order valence-electron chi connectivity index (χ3n) is 11.1. The smallest absolute Gasteiger partial charge is 0.336 e. The Bertz CT molecular complexity index is 2190. The predicted molar refractivity (Wildman–Crippen MR) is 215 cm³/mol. The van der Waals surface area contributed by atoms with E-state index in [1.807, 2.05) is 18.2 Å². The lowest BCUT2D eigenvalue weighted by Gasteiger charge is -2.37. The van der Waals surface area contributed by atoms with E-state index < -0.39 is 36.4 Å². The molecule has 0 saturated carbocycles. The number of methoxy groups -OCH3 is 4. The first-order valence-electron chi connectivity index (χ1n) is 19.1. The average molecular weight is 815 g/mol. The van der Waals surface area contributed by atoms with Crippen molar-refractivity contribution in [3.8, 4) is 46.0 Å². The summed E-state index contributed by atoms with van der Waals surface area (Å²) in [6.45, 7) is 1.86. The van der Waals surface area contributed by atoms with Crippen LogP contribution in [0.15, 0.2) is 60.7 Å². The molecule has 0 aliphatic carbocycles. The molecule has 59 heavy (non-hydrogen) atoms. The zero-order chi connectivity index (χ0) is 42.6. The number of likely N-dealkylation sites (N-methyl/N-ethyl adjacent to an activating group) is 2. The van der Waals surface area contributed by atoms with Crippen LogP contribution in [0.1, 0.15) is 58.3 Å². The second-order valence-corrected chi connectivity index (χ2v) is 14.9. The Morgan fingerprint density at radius 3 is 1.83 bits per heavy atom. The number of nitrogens with zero attached hydrogens (tertiary/aromatic N) is 2. The van der Waals surface area contributed by atoms with E-state index in [1.165, 1.54) is 22.3 Å². The van der Waals surface area contributed by atoms with Crippen LogP contribution in [0.2, 0.25) is 0 Å². The lowest BCUT2D eigenvalue weighted by atomic mass is 9.87. The van der Waals surface area contributed by atoms with Crippen LogP contribution in [-0.2, 0) is 40.1 Å². The first-order chi connectivity index (χ1) is 28.2. The van der Waals surface area contributed by atoms with Crippen molar-refractivity contribution in [1.82, 2.24) is 9.80 Å². The molecular weight excluding hydrogens is 764 g/mol. The van der Waals surface area contributed by atoms with Gasteiger partial charge in [-0.2, -0.15) is 0 Å². The number of ether oxygens (including phenoxy) is 6. The highest BCUT2D eigenvalue weighted by Crippen LogP contribution is 2.52. The molecule has 0 unspecified atom stereocenters. The molecule has 4 aromatic rings. The molecule has 0 amide bonds. The highest BCUT2D eigenvalue weighted by molar-refractivity contribution is 5.88. The summed E-state index contributed by atoms with van der Waals surface area (Å²) >= 11 is 0. The fraction of sp³-hybridized carbons (Fsp3) is 0.386. The third kappa shape index (κ3) is 9.17. The molecule has 2 atom stereocenters. The van der Waals surface area contributed by atoms with Crippen LogP contribution in [-0.4, -0.2) is 109 Å². The predicted octanol–water partition coefficient (Wildman–Crippen LogP) is 5.91. The van der Waals surface area contributed by atoms with Gasteiger partial charge in [-0.3, -0.25) is 19.4 Å². The van der Waals surface area contributed by atoms with Gasteiger partial charge in [-0.15, -0.1) is 0 Å². The van der Waals surface area contributed by atoms with Crippen molar-refractivity contribution in [2.45, 2.75) is 56.2 Å². The molecule has 0 spiro atoms.